The number of carbonyl (C=O) groups excluding carboxylic acids is 1. The number of pyridine rings is 1. The largest absolute Gasteiger partial charge is 0.508 e. The lowest BCUT2D eigenvalue weighted by Crippen LogP contribution is -2.25. The number of rotatable bonds is 5. The van der Waals surface area contributed by atoms with Gasteiger partial charge in [-0.3, -0.25) is 9.78 Å². The predicted octanol–water partition coefficient (Wildman–Crippen LogP) is 4.66. The number of benzene rings is 2. The van der Waals surface area contributed by atoms with Gasteiger partial charge in [-0.1, -0.05) is 18.2 Å². The number of aromatic nitrogens is 2. The first-order valence-corrected chi connectivity index (χ1v) is 9.74. The Balaban J connectivity index is 1.44. The first-order chi connectivity index (χ1) is 14.4. The Morgan fingerprint density at radius 2 is 2.00 bits per heavy atom. The van der Waals surface area contributed by atoms with Crippen LogP contribution < -0.4 is 5.32 Å². The van der Waals surface area contributed by atoms with Crippen molar-refractivity contribution in [2.75, 3.05) is 6.54 Å². The standard InChI is InChI=1S/C24H22FN3O2/c1-14-6-8-20(25)23-22(14)19(15(2)28-23)10-11-26-24(30)17-7-9-21(27-13-17)16-4-3-5-18(29)12-16/h3-9,12-13,28-29H,10-11H2,1-2H3,(H,26,30). The van der Waals surface area contributed by atoms with Crippen LogP contribution >= 0.6 is 0 Å². The molecule has 2 aromatic carbocycles. The maximum atomic E-state index is 14.1. The van der Waals surface area contributed by atoms with E-state index in [-0.39, 0.29) is 17.5 Å². The number of aryl methyl sites for hydroxylation is 2. The number of aromatic hydroxyl groups is 1. The van der Waals surface area contributed by atoms with Gasteiger partial charge in [0.2, 0.25) is 0 Å². The van der Waals surface area contributed by atoms with Crippen molar-refractivity contribution in [3.8, 4) is 17.0 Å². The molecule has 6 heteroatoms. The molecule has 0 saturated carbocycles. The van der Waals surface area contributed by atoms with E-state index in [1.165, 1.54) is 12.3 Å². The zero-order valence-corrected chi connectivity index (χ0v) is 16.8. The van der Waals surface area contributed by atoms with Gasteiger partial charge in [0, 0.05) is 29.4 Å². The van der Waals surface area contributed by atoms with E-state index in [0.717, 1.165) is 27.8 Å². The second-order valence-electron chi connectivity index (χ2n) is 7.33. The molecule has 0 spiro atoms. The molecule has 30 heavy (non-hydrogen) atoms. The van der Waals surface area contributed by atoms with Crippen LogP contribution in [-0.2, 0) is 6.42 Å². The number of phenols is 1. The average molecular weight is 403 g/mol. The van der Waals surface area contributed by atoms with Gasteiger partial charge in [0.05, 0.1) is 16.8 Å². The fraction of sp³-hybridized carbons (Fsp3) is 0.167. The summed E-state index contributed by atoms with van der Waals surface area (Å²) in [6.07, 6.45) is 2.11. The van der Waals surface area contributed by atoms with Crippen LogP contribution in [0.25, 0.3) is 22.2 Å². The minimum atomic E-state index is -0.271. The molecule has 0 aliphatic heterocycles. The SMILES string of the molecule is Cc1[nH]c2c(F)ccc(C)c2c1CCNC(=O)c1ccc(-c2cccc(O)c2)nc1. The lowest BCUT2D eigenvalue weighted by Gasteiger charge is -2.08. The zero-order chi connectivity index (χ0) is 21.3. The van der Waals surface area contributed by atoms with Gasteiger partial charge >= 0.3 is 0 Å². The van der Waals surface area contributed by atoms with Gasteiger partial charge in [0.1, 0.15) is 11.6 Å². The van der Waals surface area contributed by atoms with Crippen LogP contribution in [0.15, 0.2) is 54.7 Å². The minimum absolute atomic E-state index is 0.166. The number of nitrogens with zero attached hydrogens (tertiary/aromatic N) is 1. The molecule has 0 aliphatic rings. The number of fused-ring (bicyclic) bond motifs is 1. The van der Waals surface area contributed by atoms with Crippen molar-refractivity contribution in [2.24, 2.45) is 0 Å². The Morgan fingerprint density at radius 3 is 2.73 bits per heavy atom. The van der Waals surface area contributed by atoms with Crippen LogP contribution in [0.3, 0.4) is 0 Å². The molecule has 0 radical (unpaired) electrons. The molecule has 2 aromatic heterocycles. The van der Waals surface area contributed by atoms with Crippen LogP contribution in [-0.4, -0.2) is 27.5 Å². The highest BCUT2D eigenvalue weighted by Crippen LogP contribution is 2.28. The molecule has 0 unspecified atom stereocenters. The third kappa shape index (κ3) is 3.76. The highest BCUT2D eigenvalue weighted by atomic mass is 19.1. The molecule has 1 amide bonds. The van der Waals surface area contributed by atoms with E-state index in [2.05, 4.69) is 15.3 Å². The van der Waals surface area contributed by atoms with Gasteiger partial charge in [0.25, 0.3) is 5.91 Å². The molecule has 4 aromatic rings. The zero-order valence-electron chi connectivity index (χ0n) is 16.8. The molecule has 0 bridgehead atoms. The van der Waals surface area contributed by atoms with E-state index < -0.39 is 0 Å². The summed E-state index contributed by atoms with van der Waals surface area (Å²) in [6.45, 7) is 4.30. The lowest BCUT2D eigenvalue weighted by molar-refractivity contribution is 0.0954. The molecule has 0 aliphatic carbocycles. The second-order valence-corrected chi connectivity index (χ2v) is 7.33. The number of nitrogens with one attached hydrogen (secondary N) is 2. The predicted molar refractivity (Wildman–Crippen MR) is 115 cm³/mol. The number of hydrogen-bond donors (Lipinski definition) is 3. The Bertz CT molecular complexity index is 1230. The summed E-state index contributed by atoms with van der Waals surface area (Å²) in [6, 6.07) is 13.5. The van der Waals surface area contributed by atoms with Gasteiger partial charge in [0.15, 0.2) is 0 Å². The summed E-state index contributed by atoms with van der Waals surface area (Å²) in [4.78, 5) is 19.9. The number of hydrogen-bond acceptors (Lipinski definition) is 3. The molecule has 0 fully saturated rings. The van der Waals surface area contributed by atoms with Crippen molar-refractivity contribution in [3.05, 3.63) is 82.9 Å². The van der Waals surface area contributed by atoms with Crippen molar-refractivity contribution in [1.29, 1.82) is 0 Å². The van der Waals surface area contributed by atoms with Crippen LogP contribution in [0.4, 0.5) is 4.39 Å². The first-order valence-electron chi connectivity index (χ1n) is 9.74. The van der Waals surface area contributed by atoms with Crippen molar-refractivity contribution >= 4 is 16.8 Å². The molecular formula is C24H22FN3O2. The number of aromatic amines is 1. The number of phenolic OH excluding ortho intramolecular Hbond substituents is 1. The van der Waals surface area contributed by atoms with Crippen molar-refractivity contribution < 1.29 is 14.3 Å². The summed E-state index contributed by atoms with van der Waals surface area (Å²) in [5.41, 5.74) is 5.35. The summed E-state index contributed by atoms with van der Waals surface area (Å²) in [5.74, 6) is -0.323. The van der Waals surface area contributed by atoms with Crippen molar-refractivity contribution in [1.82, 2.24) is 15.3 Å². The highest BCUT2D eigenvalue weighted by Gasteiger charge is 2.14. The Labute approximate surface area is 173 Å². The fourth-order valence-electron chi connectivity index (χ4n) is 3.72. The molecule has 3 N–H and O–H groups in total. The number of amides is 1. The van der Waals surface area contributed by atoms with Gasteiger partial charge in [-0.25, -0.2) is 4.39 Å². The first kappa shape index (κ1) is 19.6. The van der Waals surface area contributed by atoms with Gasteiger partial charge in [-0.15, -0.1) is 0 Å². The van der Waals surface area contributed by atoms with Crippen molar-refractivity contribution in [3.63, 3.8) is 0 Å². The van der Waals surface area contributed by atoms with Crippen LogP contribution in [0.1, 0.15) is 27.2 Å². The van der Waals surface area contributed by atoms with Gasteiger partial charge in [-0.05, 0) is 61.7 Å². The molecule has 5 nitrogen and oxygen atoms in total. The smallest absolute Gasteiger partial charge is 0.252 e. The Morgan fingerprint density at radius 1 is 1.17 bits per heavy atom. The number of halogens is 1. The van der Waals surface area contributed by atoms with Crippen LogP contribution in [0.2, 0.25) is 0 Å². The minimum Gasteiger partial charge on any atom is -0.508 e. The van der Waals surface area contributed by atoms with Gasteiger partial charge in [-0.2, -0.15) is 0 Å². The van der Waals surface area contributed by atoms with Gasteiger partial charge < -0.3 is 15.4 Å². The van der Waals surface area contributed by atoms with E-state index in [9.17, 15) is 14.3 Å². The average Bonchev–Trinajstić information content (AvgIpc) is 3.08. The lowest BCUT2D eigenvalue weighted by atomic mass is 10.0. The van der Waals surface area contributed by atoms with E-state index in [0.29, 0.717) is 29.7 Å². The third-order valence-electron chi connectivity index (χ3n) is 5.26. The summed E-state index contributed by atoms with van der Waals surface area (Å²) in [5, 5.41) is 13.4. The summed E-state index contributed by atoms with van der Waals surface area (Å²) >= 11 is 0. The molecule has 152 valence electrons. The normalized spacial score (nSPS) is 11.0. The highest BCUT2D eigenvalue weighted by molar-refractivity contribution is 5.94. The topological polar surface area (TPSA) is 78.0 Å². The molecule has 4 rings (SSSR count). The van der Waals surface area contributed by atoms with E-state index in [1.807, 2.05) is 19.9 Å². The maximum Gasteiger partial charge on any atom is 0.252 e. The Hall–Kier alpha value is -3.67. The quantitative estimate of drug-likeness (QED) is 0.453. The Kier molecular flexibility index (Phi) is 5.23. The molecule has 2 heterocycles. The molecular weight excluding hydrogens is 381 g/mol. The summed E-state index contributed by atoms with van der Waals surface area (Å²) in [7, 11) is 0. The summed E-state index contributed by atoms with van der Waals surface area (Å²) < 4.78 is 14.1. The van der Waals surface area contributed by atoms with Crippen molar-refractivity contribution in [2.45, 2.75) is 20.3 Å². The third-order valence-corrected chi connectivity index (χ3v) is 5.26. The van der Waals surface area contributed by atoms with Crippen LogP contribution in [0, 0.1) is 19.7 Å². The monoisotopic (exact) mass is 403 g/mol. The maximum absolute atomic E-state index is 14.1. The fourth-order valence-corrected chi connectivity index (χ4v) is 3.72. The number of H-pyrrole nitrogens is 1. The van der Waals surface area contributed by atoms with E-state index >= 15 is 0 Å². The second kappa shape index (κ2) is 7.99. The van der Waals surface area contributed by atoms with Crippen LogP contribution in [0.5, 0.6) is 5.75 Å². The number of carbonyl (C=O) groups is 1. The van der Waals surface area contributed by atoms with E-state index in [4.69, 9.17) is 0 Å². The van der Waals surface area contributed by atoms with E-state index in [1.54, 1.807) is 36.4 Å². The molecule has 0 atom stereocenters. The molecule has 0 saturated heterocycles.